The molecule has 3 heterocycles. The van der Waals surface area contributed by atoms with Crippen LogP contribution in [0, 0.1) is 0 Å². The molecule has 2 saturated heterocycles. The van der Waals surface area contributed by atoms with Crippen LogP contribution < -0.4 is 14.8 Å². The molecule has 0 radical (unpaired) electrons. The summed E-state index contributed by atoms with van der Waals surface area (Å²) in [6.07, 6.45) is 4.70. The number of phenolic OH excluding ortho intramolecular Hbond substituents is 1. The number of rotatable bonds is 9. The second-order valence-corrected chi connectivity index (χ2v) is 11.6. The average Bonchev–Trinajstić information content (AvgIpc) is 3.69. The minimum absolute atomic E-state index is 0.0813. The lowest BCUT2D eigenvalue weighted by Crippen LogP contribution is -2.30. The third-order valence-electron chi connectivity index (χ3n) is 7.75. The summed E-state index contributed by atoms with van der Waals surface area (Å²) in [4.78, 5) is 15.1. The van der Waals surface area contributed by atoms with E-state index in [1.54, 1.807) is 24.5 Å². The van der Waals surface area contributed by atoms with Gasteiger partial charge in [-0.05, 0) is 109 Å². The Kier molecular flexibility index (Phi) is 7.44. The molecular formula is C32H34N2O4S. The van der Waals surface area contributed by atoms with Gasteiger partial charge in [0.25, 0.3) is 0 Å². The molecule has 4 aromatic rings. The van der Waals surface area contributed by atoms with E-state index in [1.807, 2.05) is 24.3 Å². The van der Waals surface area contributed by atoms with E-state index in [-0.39, 0.29) is 17.7 Å². The number of thiophene rings is 1. The van der Waals surface area contributed by atoms with Gasteiger partial charge in [0.05, 0.1) is 13.2 Å². The molecule has 1 atom stereocenters. The maximum absolute atomic E-state index is 11.5. The lowest BCUT2D eigenvalue weighted by molar-refractivity contribution is -0.119. The Morgan fingerprint density at radius 3 is 2.62 bits per heavy atom. The van der Waals surface area contributed by atoms with Gasteiger partial charge in [0.1, 0.15) is 23.9 Å². The van der Waals surface area contributed by atoms with Gasteiger partial charge < -0.3 is 19.9 Å². The van der Waals surface area contributed by atoms with E-state index in [2.05, 4.69) is 40.5 Å². The third-order valence-corrected chi connectivity index (χ3v) is 9.00. The van der Waals surface area contributed by atoms with Crippen LogP contribution in [0.25, 0.3) is 20.5 Å². The number of likely N-dealkylation sites (tertiary alicyclic amines) is 1. The number of phenols is 1. The molecule has 6 nitrogen and oxygen atoms in total. The number of aromatic hydroxyl groups is 1. The van der Waals surface area contributed by atoms with Crippen LogP contribution in [0.4, 0.5) is 0 Å². The quantitative estimate of drug-likeness (QED) is 0.266. The van der Waals surface area contributed by atoms with Crippen molar-refractivity contribution in [3.63, 3.8) is 0 Å². The normalized spacial score (nSPS) is 17.6. The summed E-state index contributed by atoms with van der Waals surface area (Å²) in [7, 11) is 1.76. The highest BCUT2D eigenvalue weighted by molar-refractivity contribution is 7.22. The summed E-state index contributed by atoms with van der Waals surface area (Å²) >= 11 is 1.70. The van der Waals surface area contributed by atoms with Crippen LogP contribution in [0.3, 0.4) is 0 Å². The Morgan fingerprint density at radius 1 is 1.05 bits per heavy atom. The molecule has 202 valence electrons. The zero-order valence-corrected chi connectivity index (χ0v) is 23.1. The first-order valence-electron chi connectivity index (χ1n) is 13.7. The summed E-state index contributed by atoms with van der Waals surface area (Å²) in [5.41, 5.74) is 4.79. The van der Waals surface area contributed by atoms with Crippen molar-refractivity contribution >= 4 is 27.3 Å². The highest BCUT2D eigenvalue weighted by Crippen LogP contribution is 2.42. The molecule has 2 N–H and O–H groups in total. The number of carbonyl (C=O) groups excluding carboxylic acids is 1. The molecule has 39 heavy (non-hydrogen) atoms. The molecule has 0 spiro atoms. The Balaban J connectivity index is 1.26. The predicted molar refractivity (Wildman–Crippen MR) is 156 cm³/mol. The van der Waals surface area contributed by atoms with Crippen molar-refractivity contribution in [2.45, 2.75) is 44.7 Å². The second-order valence-electron chi connectivity index (χ2n) is 10.5. The molecule has 2 fully saturated rings. The number of fused-ring (bicyclic) bond motifs is 1. The first kappa shape index (κ1) is 25.7. The van der Waals surface area contributed by atoms with Gasteiger partial charge in [-0.25, -0.2) is 0 Å². The molecule has 6 rings (SSSR count). The molecule has 2 aliphatic heterocycles. The van der Waals surface area contributed by atoms with E-state index in [4.69, 9.17) is 9.47 Å². The van der Waals surface area contributed by atoms with Crippen LogP contribution in [0.1, 0.15) is 42.4 Å². The molecule has 0 saturated carbocycles. The summed E-state index contributed by atoms with van der Waals surface area (Å²) in [6, 6.07) is 20.5. The van der Waals surface area contributed by atoms with Crippen molar-refractivity contribution in [3.05, 3.63) is 77.4 Å². The number of benzene rings is 3. The summed E-state index contributed by atoms with van der Waals surface area (Å²) in [5.74, 6) is 2.11. The Hall–Kier alpha value is -3.55. The number of carbonyl (C=O) groups is 1. The van der Waals surface area contributed by atoms with Crippen molar-refractivity contribution in [1.82, 2.24) is 10.2 Å². The molecule has 0 bridgehead atoms. The first-order chi connectivity index (χ1) is 19.1. The standard InChI is InChI=1S/C32H34N2O4S/c1-37-29-17-21(4-5-23(29)19-34-14-2-3-15-34)16-28-27-12-9-25(35)18-30(27)39-32(28)22-6-10-26(11-7-22)38-20-24-8-13-31(36)33-24/h4-7,9-12,17-18,24,35H,2-3,8,13-16,19-20H2,1H3,(H,33,36)/t24-/m1/s1. The maximum Gasteiger partial charge on any atom is 0.220 e. The summed E-state index contributed by atoms with van der Waals surface area (Å²) in [6.45, 7) is 3.72. The Labute approximate surface area is 233 Å². The summed E-state index contributed by atoms with van der Waals surface area (Å²) in [5, 5.41) is 14.3. The highest BCUT2D eigenvalue weighted by Gasteiger charge is 2.21. The van der Waals surface area contributed by atoms with E-state index in [0.717, 1.165) is 59.6 Å². The number of hydrogen-bond donors (Lipinski definition) is 2. The fourth-order valence-corrected chi connectivity index (χ4v) is 6.92. The highest BCUT2D eigenvalue weighted by atomic mass is 32.1. The van der Waals surface area contributed by atoms with Gasteiger partial charge in [-0.1, -0.05) is 12.1 Å². The monoisotopic (exact) mass is 542 g/mol. The molecule has 1 amide bonds. The zero-order valence-electron chi connectivity index (χ0n) is 22.2. The maximum atomic E-state index is 11.5. The molecule has 0 unspecified atom stereocenters. The van der Waals surface area contributed by atoms with Crippen LogP contribution in [-0.2, 0) is 17.8 Å². The number of nitrogens with zero attached hydrogens (tertiary/aromatic N) is 1. The molecule has 0 aliphatic carbocycles. The lowest BCUT2D eigenvalue weighted by Gasteiger charge is -2.18. The second kappa shape index (κ2) is 11.3. The van der Waals surface area contributed by atoms with Gasteiger partial charge >= 0.3 is 0 Å². The van der Waals surface area contributed by atoms with Gasteiger partial charge in [-0.2, -0.15) is 0 Å². The van der Waals surface area contributed by atoms with Gasteiger partial charge in [-0.15, -0.1) is 11.3 Å². The number of amides is 1. The summed E-state index contributed by atoms with van der Waals surface area (Å²) < 4.78 is 12.8. The first-order valence-corrected chi connectivity index (χ1v) is 14.5. The number of hydrogen-bond acceptors (Lipinski definition) is 6. The zero-order chi connectivity index (χ0) is 26.8. The smallest absolute Gasteiger partial charge is 0.220 e. The van der Waals surface area contributed by atoms with Crippen LogP contribution >= 0.6 is 11.3 Å². The number of nitrogens with one attached hydrogen (secondary N) is 1. The SMILES string of the molecule is COc1cc(Cc2c(-c3ccc(OC[C@H]4CCC(=O)N4)cc3)sc3cc(O)ccc23)ccc1CN1CCCC1. The largest absolute Gasteiger partial charge is 0.508 e. The van der Waals surface area contributed by atoms with Crippen LogP contribution in [-0.4, -0.2) is 48.8 Å². The third kappa shape index (κ3) is 5.75. The van der Waals surface area contributed by atoms with E-state index < -0.39 is 0 Å². The van der Waals surface area contributed by atoms with Crippen LogP contribution in [0.15, 0.2) is 60.7 Å². The van der Waals surface area contributed by atoms with Gasteiger partial charge in [0.2, 0.25) is 5.91 Å². The van der Waals surface area contributed by atoms with Crippen molar-refractivity contribution in [2.75, 3.05) is 26.8 Å². The topological polar surface area (TPSA) is 71.0 Å². The molecule has 2 aliphatic rings. The van der Waals surface area contributed by atoms with Crippen molar-refractivity contribution in [3.8, 4) is 27.7 Å². The van der Waals surface area contributed by atoms with E-state index in [1.165, 1.54) is 34.4 Å². The molecular weight excluding hydrogens is 508 g/mol. The van der Waals surface area contributed by atoms with Crippen molar-refractivity contribution in [1.29, 1.82) is 0 Å². The lowest BCUT2D eigenvalue weighted by atomic mass is 9.97. The predicted octanol–water partition coefficient (Wildman–Crippen LogP) is 6.13. The van der Waals surface area contributed by atoms with E-state index in [0.29, 0.717) is 13.0 Å². The number of methoxy groups -OCH3 is 1. The molecule has 1 aromatic heterocycles. The van der Waals surface area contributed by atoms with Gasteiger partial charge in [0.15, 0.2) is 0 Å². The van der Waals surface area contributed by atoms with Crippen LogP contribution in [0.2, 0.25) is 0 Å². The fourth-order valence-electron chi connectivity index (χ4n) is 5.66. The number of ether oxygens (including phenoxy) is 2. The molecule has 7 heteroatoms. The van der Waals surface area contributed by atoms with Gasteiger partial charge in [0, 0.05) is 28.1 Å². The van der Waals surface area contributed by atoms with E-state index >= 15 is 0 Å². The van der Waals surface area contributed by atoms with Crippen molar-refractivity contribution < 1.29 is 19.4 Å². The average molecular weight is 543 g/mol. The Bertz CT molecular complexity index is 1470. The van der Waals surface area contributed by atoms with Gasteiger partial charge in [-0.3, -0.25) is 9.69 Å². The van der Waals surface area contributed by atoms with Crippen LogP contribution in [0.5, 0.6) is 17.2 Å². The fraction of sp³-hybridized carbons (Fsp3) is 0.344. The Morgan fingerprint density at radius 2 is 1.87 bits per heavy atom. The molecule has 3 aromatic carbocycles. The van der Waals surface area contributed by atoms with Crippen molar-refractivity contribution in [2.24, 2.45) is 0 Å². The van der Waals surface area contributed by atoms with E-state index in [9.17, 15) is 9.90 Å². The minimum Gasteiger partial charge on any atom is -0.508 e. The minimum atomic E-state index is 0.0813.